The fourth-order valence-electron chi connectivity index (χ4n) is 3.63. The number of hydrogen-bond donors (Lipinski definition) is 0. The highest BCUT2D eigenvalue weighted by Gasteiger charge is 2.53. The van der Waals surface area contributed by atoms with Gasteiger partial charge in [-0.2, -0.15) is 0 Å². The van der Waals surface area contributed by atoms with Gasteiger partial charge in [0.1, 0.15) is 12.2 Å². The summed E-state index contributed by atoms with van der Waals surface area (Å²) >= 11 is 0. The Kier molecular flexibility index (Phi) is 8.27. The minimum Gasteiger partial charge on any atom is -0.443 e. The van der Waals surface area contributed by atoms with Crippen molar-refractivity contribution in [1.29, 1.82) is 0 Å². The van der Waals surface area contributed by atoms with Crippen LogP contribution in [0.3, 0.4) is 0 Å². The van der Waals surface area contributed by atoms with Crippen LogP contribution in [0.4, 0.5) is 0 Å². The molecule has 8 heteroatoms. The summed E-state index contributed by atoms with van der Waals surface area (Å²) in [5, 5.41) is 0. The van der Waals surface area contributed by atoms with Gasteiger partial charge in [0.15, 0.2) is 0 Å². The standard InChI is InChI=1S/C26H27O7P/c1-29-34(28)26(33-25(27)22-15-9-4-10-16-22)24(31-18-21-13-7-3-8-14-21)23(19-32-34)30-17-20-11-5-2-6-12-20/h2-16,23-24,26H,17-19H2,1H3/t23-,24+,26+,34-/m1/s1. The molecule has 0 bridgehead atoms. The molecule has 0 unspecified atom stereocenters. The molecule has 0 saturated carbocycles. The van der Waals surface area contributed by atoms with Crippen LogP contribution in [0.5, 0.6) is 0 Å². The maximum Gasteiger partial charge on any atom is 0.373 e. The van der Waals surface area contributed by atoms with Crippen LogP contribution >= 0.6 is 7.60 Å². The van der Waals surface area contributed by atoms with Gasteiger partial charge < -0.3 is 23.3 Å². The summed E-state index contributed by atoms with van der Waals surface area (Å²) in [7, 11) is -2.57. The van der Waals surface area contributed by atoms with Crippen LogP contribution in [0.2, 0.25) is 0 Å². The molecule has 1 fully saturated rings. The van der Waals surface area contributed by atoms with E-state index in [4.69, 9.17) is 23.3 Å². The fourth-order valence-corrected chi connectivity index (χ4v) is 5.30. The molecule has 1 saturated heterocycles. The molecule has 0 radical (unpaired) electrons. The number of benzene rings is 3. The third-order valence-corrected chi connectivity index (χ3v) is 7.50. The van der Waals surface area contributed by atoms with Crippen LogP contribution in [0, 0.1) is 0 Å². The topological polar surface area (TPSA) is 80.3 Å². The van der Waals surface area contributed by atoms with Gasteiger partial charge in [-0.25, -0.2) is 4.79 Å². The Morgan fingerprint density at radius 3 is 1.94 bits per heavy atom. The average molecular weight is 482 g/mol. The van der Waals surface area contributed by atoms with Gasteiger partial charge in [0.25, 0.3) is 0 Å². The molecule has 1 aliphatic rings. The lowest BCUT2D eigenvalue weighted by atomic mass is 10.2. The van der Waals surface area contributed by atoms with Gasteiger partial charge in [0.2, 0.25) is 5.85 Å². The zero-order valence-corrected chi connectivity index (χ0v) is 19.7. The Morgan fingerprint density at radius 2 is 1.38 bits per heavy atom. The van der Waals surface area contributed by atoms with E-state index in [1.165, 1.54) is 7.11 Å². The molecule has 3 aromatic rings. The Bertz CT molecular complexity index is 1090. The zero-order valence-electron chi connectivity index (χ0n) is 18.8. The van der Waals surface area contributed by atoms with Crippen LogP contribution in [0.1, 0.15) is 21.5 Å². The van der Waals surface area contributed by atoms with Crippen molar-refractivity contribution in [3.8, 4) is 0 Å². The molecular formula is C26H27O7P. The summed E-state index contributed by atoms with van der Waals surface area (Å²) in [6.45, 7) is 0.466. The van der Waals surface area contributed by atoms with Gasteiger partial charge in [-0.3, -0.25) is 4.57 Å². The van der Waals surface area contributed by atoms with Crippen LogP contribution < -0.4 is 0 Å². The second-order valence-electron chi connectivity index (χ2n) is 7.78. The van der Waals surface area contributed by atoms with Crippen LogP contribution in [0.15, 0.2) is 91.0 Å². The van der Waals surface area contributed by atoms with Crippen molar-refractivity contribution >= 4 is 13.6 Å². The Morgan fingerprint density at radius 1 is 0.853 bits per heavy atom. The lowest BCUT2D eigenvalue weighted by Crippen LogP contribution is -2.49. The van der Waals surface area contributed by atoms with E-state index in [-0.39, 0.29) is 19.8 Å². The highest BCUT2D eigenvalue weighted by Crippen LogP contribution is 2.58. The Hall–Kier alpha value is -2.80. The molecule has 0 N–H and O–H groups in total. The van der Waals surface area contributed by atoms with E-state index < -0.39 is 31.6 Å². The third-order valence-electron chi connectivity index (χ3n) is 5.46. The van der Waals surface area contributed by atoms with Crippen molar-refractivity contribution in [2.45, 2.75) is 31.3 Å². The van der Waals surface area contributed by atoms with Crippen LogP contribution in [-0.2, 0) is 41.0 Å². The van der Waals surface area contributed by atoms with E-state index in [1.54, 1.807) is 30.3 Å². The molecular weight excluding hydrogens is 455 g/mol. The largest absolute Gasteiger partial charge is 0.443 e. The molecule has 0 amide bonds. The lowest BCUT2D eigenvalue weighted by Gasteiger charge is -2.40. The van der Waals surface area contributed by atoms with Gasteiger partial charge in [0.05, 0.1) is 25.4 Å². The number of ether oxygens (including phenoxy) is 3. The maximum atomic E-state index is 13.5. The SMILES string of the molecule is CO[P@@]1(=O)OC[C@@H](OCc2ccccc2)[C@H](OCc2ccccc2)[C@H]1OC(=O)c1ccccc1. The van der Waals surface area contributed by atoms with Crippen molar-refractivity contribution in [2.75, 3.05) is 13.7 Å². The van der Waals surface area contributed by atoms with E-state index in [0.29, 0.717) is 5.56 Å². The predicted octanol–water partition coefficient (Wildman–Crippen LogP) is 5.21. The van der Waals surface area contributed by atoms with Crippen molar-refractivity contribution < 1.29 is 32.6 Å². The van der Waals surface area contributed by atoms with E-state index in [1.807, 2.05) is 60.7 Å². The summed E-state index contributed by atoms with van der Waals surface area (Å²) in [4.78, 5) is 12.9. The molecule has 0 spiro atoms. The fraction of sp³-hybridized carbons (Fsp3) is 0.269. The van der Waals surface area contributed by atoms with Crippen molar-refractivity contribution in [2.24, 2.45) is 0 Å². The second-order valence-corrected chi connectivity index (χ2v) is 9.99. The van der Waals surface area contributed by atoms with Gasteiger partial charge in [-0.15, -0.1) is 0 Å². The molecule has 3 aromatic carbocycles. The van der Waals surface area contributed by atoms with Gasteiger partial charge in [-0.05, 0) is 23.3 Å². The van der Waals surface area contributed by atoms with Crippen molar-refractivity contribution in [3.63, 3.8) is 0 Å². The summed E-state index contributed by atoms with van der Waals surface area (Å²) in [6, 6.07) is 27.7. The molecule has 0 aliphatic carbocycles. The number of carbonyl (C=O) groups is 1. The molecule has 178 valence electrons. The second kappa shape index (κ2) is 11.6. The van der Waals surface area contributed by atoms with E-state index in [9.17, 15) is 9.36 Å². The number of hydrogen-bond acceptors (Lipinski definition) is 7. The molecule has 4 rings (SSSR count). The lowest BCUT2D eigenvalue weighted by molar-refractivity contribution is -0.147. The number of esters is 1. The normalized spacial score (nSPS) is 24.4. The van der Waals surface area contributed by atoms with Crippen molar-refractivity contribution in [1.82, 2.24) is 0 Å². The first-order chi connectivity index (χ1) is 16.6. The van der Waals surface area contributed by atoms with E-state index in [2.05, 4.69) is 0 Å². The minimum atomic E-state index is -3.84. The minimum absolute atomic E-state index is 0.0310. The molecule has 1 aliphatic heterocycles. The first-order valence-corrected chi connectivity index (χ1v) is 12.6. The van der Waals surface area contributed by atoms with Gasteiger partial charge >= 0.3 is 13.6 Å². The van der Waals surface area contributed by atoms with E-state index >= 15 is 0 Å². The summed E-state index contributed by atoms with van der Waals surface area (Å²) in [5.74, 6) is -1.95. The summed E-state index contributed by atoms with van der Waals surface area (Å²) in [6.07, 6.45) is -1.52. The quantitative estimate of drug-likeness (QED) is 0.306. The van der Waals surface area contributed by atoms with Gasteiger partial charge in [-0.1, -0.05) is 78.9 Å². The molecule has 1 heterocycles. The first kappa shape index (κ1) is 24.3. The first-order valence-electron chi connectivity index (χ1n) is 11.0. The molecule has 7 nitrogen and oxygen atoms in total. The highest BCUT2D eigenvalue weighted by molar-refractivity contribution is 7.54. The predicted molar refractivity (Wildman–Crippen MR) is 126 cm³/mol. The monoisotopic (exact) mass is 482 g/mol. The Balaban J connectivity index is 1.58. The Labute approximate surface area is 199 Å². The van der Waals surface area contributed by atoms with Gasteiger partial charge in [0, 0.05) is 7.11 Å². The molecule has 0 aromatic heterocycles. The molecule has 4 atom stereocenters. The zero-order chi connectivity index (χ0) is 23.8. The molecule has 34 heavy (non-hydrogen) atoms. The maximum absolute atomic E-state index is 13.5. The highest BCUT2D eigenvalue weighted by atomic mass is 31.2. The number of rotatable bonds is 9. The van der Waals surface area contributed by atoms with Crippen LogP contribution in [-0.4, -0.2) is 37.7 Å². The van der Waals surface area contributed by atoms with E-state index in [0.717, 1.165) is 11.1 Å². The third kappa shape index (κ3) is 6.00. The van der Waals surface area contributed by atoms with Crippen molar-refractivity contribution in [3.05, 3.63) is 108 Å². The smallest absolute Gasteiger partial charge is 0.373 e. The average Bonchev–Trinajstić information content (AvgIpc) is 2.90. The summed E-state index contributed by atoms with van der Waals surface area (Å²) in [5.41, 5.74) is 2.19. The summed E-state index contributed by atoms with van der Waals surface area (Å²) < 4.78 is 42.3. The van der Waals surface area contributed by atoms with Crippen LogP contribution in [0.25, 0.3) is 0 Å². The number of carbonyl (C=O) groups excluding carboxylic acids is 1.